The summed E-state index contributed by atoms with van der Waals surface area (Å²) in [6.45, 7) is 0.463. The molecular weight excluding hydrogens is 346 g/mol. The second kappa shape index (κ2) is 6.72. The number of aliphatic carboxylic acids is 1. The standard InChI is InChI=1S/C16H21N3O5S/c20-14(18-16(15(21)22)6-2-7-16)12-4-9-19(10-5-12)25(23,24)13-3-1-8-17-11-13/h1,3,8,11-12H,2,4-7,9-10H2,(H,18,20)(H,21,22). The zero-order valence-electron chi connectivity index (χ0n) is 13.7. The minimum atomic E-state index is -3.61. The van der Waals surface area contributed by atoms with E-state index in [-0.39, 0.29) is 29.8 Å². The Morgan fingerprint density at radius 3 is 2.44 bits per heavy atom. The highest BCUT2D eigenvalue weighted by Gasteiger charge is 2.46. The summed E-state index contributed by atoms with van der Waals surface area (Å²) in [5.74, 6) is -1.65. The monoisotopic (exact) mass is 367 g/mol. The first-order valence-corrected chi connectivity index (χ1v) is 9.75. The van der Waals surface area contributed by atoms with E-state index in [0.717, 1.165) is 6.42 Å². The first-order chi connectivity index (χ1) is 11.8. The number of sulfonamides is 1. The van der Waals surface area contributed by atoms with Crippen molar-refractivity contribution in [2.75, 3.05) is 13.1 Å². The third kappa shape index (κ3) is 3.38. The van der Waals surface area contributed by atoms with Gasteiger partial charge in [0.1, 0.15) is 10.4 Å². The minimum absolute atomic E-state index is 0.136. The van der Waals surface area contributed by atoms with Crippen LogP contribution in [-0.2, 0) is 19.6 Å². The van der Waals surface area contributed by atoms with Crippen molar-refractivity contribution < 1.29 is 23.1 Å². The predicted octanol–water partition coefficient (Wildman–Crippen LogP) is 0.606. The summed E-state index contributed by atoms with van der Waals surface area (Å²) >= 11 is 0. The lowest BCUT2D eigenvalue weighted by molar-refractivity contribution is -0.152. The summed E-state index contributed by atoms with van der Waals surface area (Å²) in [6, 6.07) is 3.06. The fourth-order valence-electron chi connectivity index (χ4n) is 3.27. The second-order valence-corrected chi connectivity index (χ2v) is 8.54. The van der Waals surface area contributed by atoms with E-state index in [9.17, 15) is 23.1 Å². The number of piperidine rings is 1. The number of hydrogen-bond acceptors (Lipinski definition) is 5. The molecular formula is C16H21N3O5S. The van der Waals surface area contributed by atoms with Gasteiger partial charge in [0, 0.05) is 31.4 Å². The lowest BCUT2D eigenvalue weighted by Crippen LogP contribution is -2.60. The SMILES string of the molecule is O=C(NC1(C(=O)O)CCC1)C1CCN(S(=O)(=O)c2cccnc2)CC1. The summed E-state index contributed by atoms with van der Waals surface area (Å²) in [6.07, 6.45) is 5.25. The van der Waals surface area contributed by atoms with Gasteiger partial charge in [0.2, 0.25) is 15.9 Å². The van der Waals surface area contributed by atoms with Crippen LogP contribution in [-0.4, -0.2) is 53.3 Å². The summed E-state index contributed by atoms with van der Waals surface area (Å²) < 4.78 is 26.4. The van der Waals surface area contributed by atoms with Gasteiger partial charge in [-0.3, -0.25) is 9.78 Å². The molecule has 1 amide bonds. The summed E-state index contributed by atoms with van der Waals surface area (Å²) in [7, 11) is -3.61. The molecule has 2 N–H and O–H groups in total. The number of hydrogen-bond donors (Lipinski definition) is 2. The first kappa shape index (κ1) is 17.8. The third-order valence-corrected chi connectivity index (χ3v) is 6.96. The van der Waals surface area contributed by atoms with E-state index in [2.05, 4.69) is 10.3 Å². The Morgan fingerprint density at radius 1 is 1.28 bits per heavy atom. The molecule has 2 heterocycles. The molecule has 8 nitrogen and oxygen atoms in total. The number of carboxylic acids is 1. The molecule has 1 saturated carbocycles. The van der Waals surface area contributed by atoms with Gasteiger partial charge in [-0.1, -0.05) is 0 Å². The Labute approximate surface area is 146 Å². The number of amides is 1. The smallest absolute Gasteiger partial charge is 0.329 e. The van der Waals surface area contributed by atoms with Crippen LogP contribution >= 0.6 is 0 Å². The zero-order valence-corrected chi connectivity index (χ0v) is 14.5. The number of pyridine rings is 1. The molecule has 3 rings (SSSR count). The van der Waals surface area contributed by atoms with Crippen LogP contribution in [0.25, 0.3) is 0 Å². The van der Waals surface area contributed by atoms with Crippen molar-refractivity contribution in [3.05, 3.63) is 24.5 Å². The Kier molecular flexibility index (Phi) is 4.79. The van der Waals surface area contributed by atoms with Crippen LogP contribution in [0.2, 0.25) is 0 Å². The highest BCUT2D eigenvalue weighted by molar-refractivity contribution is 7.89. The fourth-order valence-corrected chi connectivity index (χ4v) is 4.70. The van der Waals surface area contributed by atoms with Gasteiger partial charge in [-0.15, -0.1) is 0 Å². The predicted molar refractivity (Wildman–Crippen MR) is 88.1 cm³/mol. The number of nitrogens with zero attached hydrogens (tertiary/aromatic N) is 2. The molecule has 2 aliphatic rings. The van der Waals surface area contributed by atoms with Crippen molar-refractivity contribution in [1.82, 2.24) is 14.6 Å². The Balaban J connectivity index is 1.60. The number of carbonyl (C=O) groups excluding carboxylic acids is 1. The van der Waals surface area contributed by atoms with E-state index >= 15 is 0 Å². The highest BCUT2D eigenvalue weighted by Crippen LogP contribution is 2.33. The van der Waals surface area contributed by atoms with Crippen LogP contribution in [0.1, 0.15) is 32.1 Å². The lowest BCUT2D eigenvalue weighted by Gasteiger charge is -2.40. The maximum Gasteiger partial charge on any atom is 0.329 e. The van der Waals surface area contributed by atoms with Gasteiger partial charge >= 0.3 is 5.97 Å². The number of rotatable bonds is 5. The second-order valence-electron chi connectivity index (χ2n) is 6.60. The quantitative estimate of drug-likeness (QED) is 0.787. The number of carboxylic acid groups (broad SMARTS) is 1. The van der Waals surface area contributed by atoms with Crippen molar-refractivity contribution in [3.63, 3.8) is 0 Å². The molecule has 1 aliphatic carbocycles. The Hall–Kier alpha value is -2.00. The molecule has 1 aromatic heterocycles. The Bertz CT molecular complexity index is 753. The van der Waals surface area contributed by atoms with Crippen LogP contribution < -0.4 is 5.32 Å². The highest BCUT2D eigenvalue weighted by atomic mass is 32.2. The van der Waals surface area contributed by atoms with Crippen molar-refractivity contribution >= 4 is 21.9 Å². The summed E-state index contributed by atoms with van der Waals surface area (Å²) in [5, 5.41) is 12.0. The summed E-state index contributed by atoms with van der Waals surface area (Å²) in [4.78, 5) is 27.7. The molecule has 1 saturated heterocycles. The van der Waals surface area contributed by atoms with Crippen LogP contribution in [0.3, 0.4) is 0 Å². The maximum absolute atomic E-state index is 12.5. The van der Waals surface area contributed by atoms with E-state index in [1.807, 2.05) is 0 Å². The van der Waals surface area contributed by atoms with Crippen molar-refractivity contribution in [2.45, 2.75) is 42.5 Å². The molecule has 25 heavy (non-hydrogen) atoms. The molecule has 1 aromatic rings. The van der Waals surface area contributed by atoms with Crippen LogP contribution in [0.15, 0.2) is 29.4 Å². The third-order valence-electron chi connectivity index (χ3n) is 5.08. The van der Waals surface area contributed by atoms with Crippen molar-refractivity contribution in [1.29, 1.82) is 0 Å². The molecule has 2 fully saturated rings. The van der Waals surface area contributed by atoms with Crippen LogP contribution in [0.5, 0.6) is 0 Å². The maximum atomic E-state index is 12.5. The number of aromatic nitrogens is 1. The molecule has 0 aromatic carbocycles. The first-order valence-electron chi connectivity index (χ1n) is 8.31. The molecule has 0 atom stereocenters. The van der Waals surface area contributed by atoms with Gasteiger partial charge in [-0.05, 0) is 44.2 Å². The van der Waals surface area contributed by atoms with Gasteiger partial charge in [-0.25, -0.2) is 13.2 Å². The minimum Gasteiger partial charge on any atom is -0.480 e. The molecule has 0 radical (unpaired) electrons. The molecule has 1 aliphatic heterocycles. The van der Waals surface area contributed by atoms with Gasteiger partial charge in [0.25, 0.3) is 0 Å². The molecule has 9 heteroatoms. The molecule has 136 valence electrons. The van der Waals surface area contributed by atoms with Gasteiger partial charge < -0.3 is 10.4 Å². The molecule has 0 bridgehead atoms. The lowest BCUT2D eigenvalue weighted by atomic mass is 9.76. The van der Waals surface area contributed by atoms with E-state index in [4.69, 9.17) is 0 Å². The topological polar surface area (TPSA) is 117 Å². The zero-order chi connectivity index (χ0) is 18.1. The van der Waals surface area contributed by atoms with Crippen molar-refractivity contribution in [3.8, 4) is 0 Å². The van der Waals surface area contributed by atoms with Gasteiger partial charge in [0.15, 0.2) is 0 Å². The number of carbonyl (C=O) groups is 2. The van der Waals surface area contributed by atoms with Crippen LogP contribution in [0.4, 0.5) is 0 Å². The van der Waals surface area contributed by atoms with E-state index in [1.54, 1.807) is 6.07 Å². The molecule has 0 unspecified atom stereocenters. The van der Waals surface area contributed by atoms with E-state index in [0.29, 0.717) is 25.7 Å². The van der Waals surface area contributed by atoms with Crippen molar-refractivity contribution in [2.24, 2.45) is 5.92 Å². The number of nitrogens with one attached hydrogen (secondary N) is 1. The largest absolute Gasteiger partial charge is 0.480 e. The fraction of sp³-hybridized carbons (Fsp3) is 0.562. The average molecular weight is 367 g/mol. The van der Waals surface area contributed by atoms with E-state index < -0.39 is 21.5 Å². The van der Waals surface area contributed by atoms with Gasteiger partial charge in [-0.2, -0.15) is 4.31 Å². The normalized spacial score (nSPS) is 21.3. The van der Waals surface area contributed by atoms with Gasteiger partial charge in [0.05, 0.1) is 0 Å². The molecule has 0 spiro atoms. The average Bonchev–Trinajstić information content (AvgIpc) is 2.58. The Morgan fingerprint density at radius 2 is 1.96 bits per heavy atom. The van der Waals surface area contributed by atoms with Crippen LogP contribution in [0, 0.1) is 5.92 Å². The summed E-state index contributed by atoms with van der Waals surface area (Å²) in [5.41, 5.74) is -1.13. The van der Waals surface area contributed by atoms with E-state index in [1.165, 1.54) is 22.8 Å².